The summed E-state index contributed by atoms with van der Waals surface area (Å²) in [6.45, 7) is 5.01. The summed E-state index contributed by atoms with van der Waals surface area (Å²) in [6, 6.07) is 11.6. The molecule has 3 atom stereocenters. The number of β-amino-alcohol motifs (C(OH)–C–C–N with tert-alkyl or cyclic N) is 1. The summed E-state index contributed by atoms with van der Waals surface area (Å²) in [4.78, 5) is 23.4. The molecule has 4 aromatic rings. The van der Waals surface area contributed by atoms with Gasteiger partial charge in [-0.05, 0) is 74.4 Å². The molecule has 1 saturated heterocycles. The average Bonchev–Trinajstić information content (AvgIpc) is 3.52. The summed E-state index contributed by atoms with van der Waals surface area (Å²) >= 11 is 13.6. The smallest absolute Gasteiger partial charge is 0.310 e. The largest absolute Gasteiger partial charge is 0.481 e. The second-order valence-electron chi connectivity index (χ2n) is 10.7. The average molecular weight is 566 g/mol. The van der Waals surface area contributed by atoms with Crippen molar-refractivity contribution in [3.63, 3.8) is 0 Å². The van der Waals surface area contributed by atoms with Crippen LogP contribution in [-0.2, 0) is 4.79 Å². The number of aliphatic carboxylic acids is 1. The minimum absolute atomic E-state index is 0.176. The lowest BCUT2D eigenvalue weighted by molar-refractivity contribution is -0.138. The lowest BCUT2D eigenvalue weighted by atomic mass is 9.92. The van der Waals surface area contributed by atoms with Gasteiger partial charge in [0.05, 0.1) is 46.8 Å². The number of anilines is 1. The monoisotopic (exact) mass is 564 g/mol. The molecular weight excluding hydrogens is 535 g/mol. The molecule has 39 heavy (non-hydrogen) atoms. The van der Waals surface area contributed by atoms with E-state index in [9.17, 15) is 15.0 Å². The Bertz CT molecular complexity index is 1580. The van der Waals surface area contributed by atoms with Crippen LogP contribution in [0.2, 0.25) is 10.0 Å². The molecule has 3 heterocycles. The molecule has 202 valence electrons. The molecular formula is C30H30Cl2N4O3. The lowest BCUT2D eigenvalue weighted by Crippen LogP contribution is -2.21. The Kier molecular flexibility index (Phi) is 6.78. The van der Waals surface area contributed by atoms with Crippen LogP contribution in [0.5, 0.6) is 0 Å². The predicted octanol–water partition coefficient (Wildman–Crippen LogP) is 6.65. The zero-order chi connectivity index (χ0) is 27.4. The molecule has 0 bridgehead atoms. The second kappa shape index (κ2) is 10.1. The molecule has 7 nitrogen and oxygen atoms in total. The van der Waals surface area contributed by atoms with E-state index in [1.165, 1.54) is 0 Å². The van der Waals surface area contributed by atoms with Gasteiger partial charge in [0.2, 0.25) is 0 Å². The number of hydrogen-bond donors (Lipinski definition) is 2. The first kappa shape index (κ1) is 26.1. The quantitative estimate of drug-likeness (QED) is 0.261. The molecule has 2 fully saturated rings. The van der Waals surface area contributed by atoms with E-state index in [1.807, 2.05) is 41.0 Å². The van der Waals surface area contributed by atoms with Crippen LogP contribution in [0.15, 0.2) is 48.9 Å². The van der Waals surface area contributed by atoms with Gasteiger partial charge in [0.15, 0.2) is 0 Å². The summed E-state index contributed by atoms with van der Waals surface area (Å²) in [6.07, 6.45) is 6.11. The van der Waals surface area contributed by atoms with Gasteiger partial charge in [-0.2, -0.15) is 0 Å². The zero-order valence-electron chi connectivity index (χ0n) is 21.8. The topological polar surface area (TPSA) is 91.5 Å². The predicted molar refractivity (Wildman–Crippen MR) is 154 cm³/mol. The number of benzene rings is 2. The number of fused-ring (bicyclic) bond motifs is 1. The van der Waals surface area contributed by atoms with Crippen molar-refractivity contribution >= 4 is 45.9 Å². The van der Waals surface area contributed by atoms with Crippen LogP contribution < -0.4 is 4.90 Å². The maximum atomic E-state index is 12.1. The van der Waals surface area contributed by atoms with Gasteiger partial charge >= 0.3 is 5.97 Å². The highest BCUT2D eigenvalue weighted by atomic mass is 35.5. The fraction of sp³-hybridized carbons (Fsp3) is 0.367. The van der Waals surface area contributed by atoms with Crippen LogP contribution in [-0.4, -0.2) is 49.9 Å². The van der Waals surface area contributed by atoms with Gasteiger partial charge in [-0.25, -0.2) is 4.98 Å². The van der Waals surface area contributed by atoms with Crippen molar-refractivity contribution in [3.05, 3.63) is 75.7 Å². The molecule has 1 aliphatic carbocycles. The first-order valence-electron chi connectivity index (χ1n) is 13.3. The molecule has 2 unspecified atom stereocenters. The van der Waals surface area contributed by atoms with Crippen LogP contribution >= 0.6 is 23.2 Å². The highest BCUT2D eigenvalue weighted by molar-refractivity contribution is 6.36. The minimum Gasteiger partial charge on any atom is -0.481 e. The lowest BCUT2D eigenvalue weighted by Gasteiger charge is -2.22. The van der Waals surface area contributed by atoms with Crippen LogP contribution in [0.25, 0.3) is 22.3 Å². The minimum atomic E-state index is -0.908. The highest BCUT2D eigenvalue weighted by Crippen LogP contribution is 2.47. The van der Waals surface area contributed by atoms with Gasteiger partial charge in [-0.3, -0.25) is 9.78 Å². The van der Waals surface area contributed by atoms with E-state index >= 15 is 0 Å². The Morgan fingerprint density at radius 1 is 1.08 bits per heavy atom. The van der Waals surface area contributed by atoms with Crippen LogP contribution in [0, 0.1) is 0 Å². The Hall–Kier alpha value is -3.13. The number of aromatic nitrogens is 3. The Morgan fingerprint density at radius 2 is 1.87 bits per heavy atom. The molecule has 9 heteroatoms. The number of carboxylic acid groups (broad SMARTS) is 1. The molecule has 2 aromatic carbocycles. The fourth-order valence-electron chi connectivity index (χ4n) is 5.65. The number of rotatable bonds is 7. The summed E-state index contributed by atoms with van der Waals surface area (Å²) < 4.78 is 2.05. The maximum absolute atomic E-state index is 12.1. The van der Waals surface area contributed by atoms with Gasteiger partial charge < -0.3 is 19.7 Å². The Balaban J connectivity index is 1.43. The van der Waals surface area contributed by atoms with Crippen molar-refractivity contribution in [2.75, 3.05) is 18.0 Å². The SMILES string of the molecule is CC(C(=O)O)c1cc(N2CCC(O)C2)ccc1-c1cc2c(cn1)ncn2[C@H](C)c1c(Cl)ccc(C2CC2)c1Cl. The fourth-order valence-corrected chi connectivity index (χ4v) is 6.49. The van der Waals surface area contributed by atoms with E-state index in [2.05, 4.69) is 21.8 Å². The number of carbonyl (C=O) groups is 1. The van der Waals surface area contributed by atoms with Crippen LogP contribution in [0.3, 0.4) is 0 Å². The highest BCUT2D eigenvalue weighted by Gasteiger charge is 2.29. The molecule has 1 saturated carbocycles. The second-order valence-corrected chi connectivity index (χ2v) is 11.5. The Labute approximate surface area is 237 Å². The van der Waals surface area contributed by atoms with E-state index in [0.29, 0.717) is 40.2 Å². The number of pyridine rings is 1. The summed E-state index contributed by atoms with van der Waals surface area (Å²) in [5, 5.41) is 21.2. The number of nitrogens with zero attached hydrogens (tertiary/aromatic N) is 4. The molecule has 6 rings (SSSR count). The number of halogens is 2. The van der Waals surface area contributed by atoms with Crippen LogP contribution in [0.4, 0.5) is 5.69 Å². The van der Waals surface area contributed by atoms with Gasteiger partial charge in [0.25, 0.3) is 0 Å². The number of imidazole rings is 1. The zero-order valence-corrected chi connectivity index (χ0v) is 23.3. The van der Waals surface area contributed by atoms with Gasteiger partial charge in [0.1, 0.15) is 5.52 Å². The first-order valence-corrected chi connectivity index (χ1v) is 14.1. The number of hydrogen-bond acceptors (Lipinski definition) is 5. The number of carboxylic acids is 1. The van der Waals surface area contributed by atoms with Crippen molar-refractivity contribution in [2.24, 2.45) is 0 Å². The summed E-state index contributed by atoms with van der Waals surface area (Å²) in [5.41, 5.74) is 6.60. The molecule has 0 amide bonds. The maximum Gasteiger partial charge on any atom is 0.310 e. The van der Waals surface area contributed by atoms with E-state index in [0.717, 1.165) is 52.8 Å². The third-order valence-electron chi connectivity index (χ3n) is 8.15. The molecule has 2 aromatic heterocycles. The normalized spacial score (nSPS) is 19.0. The first-order chi connectivity index (χ1) is 18.7. The standard InChI is InChI=1S/C30H30Cl2N4O3/c1-16(30(38)39)23-11-19(35-10-9-20(37)14-35)5-6-22(23)25-12-27-26(13-33-25)34-15-36(27)17(2)28-24(31)8-7-21(29(28)32)18-3-4-18/h5-8,11-13,15-18,20,37H,3-4,9-10,14H2,1-2H3,(H,38,39)/t16?,17-,20?/m1/s1. The van der Waals surface area contributed by atoms with Crippen molar-refractivity contribution in [1.82, 2.24) is 14.5 Å². The third-order valence-corrected chi connectivity index (χ3v) is 8.90. The van der Waals surface area contributed by atoms with Crippen molar-refractivity contribution in [2.45, 2.75) is 57.1 Å². The summed E-state index contributed by atoms with van der Waals surface area (Å²) in [7, 11) is 0. The van der Waals surface area contributed by atoms with Gasteiger partial charge in [0, 0.05) is 34.9 Å². The van der Waals surface area contributed by atoms with Crippen molar-refractivity contribution in [1.29, 1.82) is 0 Å². The van der Waals surface area contributed by atoms with E-state index in [-0.39, 0.29) is 12.1 Å². The molecule has 0 spiro atoms. The molecule has 0 radical (unpaired) electrons. The van der Waals surface area contributed by atoms with E-state index in [1.54, 1.807) is 19.4 Å². The number of aliphatic hydroxyl groups is 1. The van der Waals surface area contributed by atoms with Crippen LogP contribution in [0.1, 0.15) is 67.7 Å². The third kappa shape index (κ3) is 4.77. The molecule has 1 aliphatic heterocycles. The Morgan fingerprint density at radius 3 is 2.56 bits per heavy atom. The van der Waals surface area contributed by atoms with E-state index in [4.69, 9.17) is 23.2 Å². The van der Waals surface area contributed by atoms with Crippen molar-refractivity contribution in [3.8, 4) is 11.3 Å². The van der Waals surface area contributed by atoms with Crippen molar-refractivity contribution < 1.29 is 15.0 Å². The molecule has 2 aliphatic rings. The van der Waals surface area contributed by atoms with Gasteiger partial charge in [-0.1, -0.05) is 35.3 Å². The summed E-state index contributed by atoms with van der Waals surface area (Å²) in [5.74, 6) is -1.15. The van der Waals surface area contributed by atoms with E-state index < -0.39 is 11.9 Å². The molecule has 2 N–H and O–H groups in total. The van der Waals surface area contributed by atoms with Gasteiger partial charge in [-0.15, -0.1) is 0 Å². The number of aliphatic hydroxyl groups excluding tert-OH is 1.